The maximum atomic E-state index is 11.4. The van der Waals surface area contributed by atoms with Gasteiger partial charge in [0.15, 0.2) is 0 Å². The second-order valence-electron chi connectivity index (χ2n) is 3.43. The predicted molar refractivity (Wildman–Crippen MR) is 67.7 cm³/mol. The zero-order valence-electron chi connectivity index (χ0n) is 10.9. The minimum atomic E-state index is -0.448. The van der Waals surface area contributed by atoms with Gasteiger partial charge in [-0.15, -0.1) is 0 Å². The molecule has 1 unspecified atom stereocenters. The van der Waals surface area contributed by atoms with E-state index in [1.165, 1.54) is 0 Å². The van der Waals surface area contributed by atoms with Crippen molar-refractivity contribution >= 4 is 17.8 Å². The van der Waals surface area contributed by atoms with Crippen LogP contribution in [0.15, 0.2) is 0 Å². The molecule has 0 saturated carbocycles. The average molecular weight is 254 g/mol. The fraction of sp³-hybridized carbons (Fsp3) is 0.600. The molecule has 0 aliphatic rings. The topological polar surface area (TPSA) is 101 Å². The van der Waals surface area contributed by atoms with E-state index < -0.39 is 6.04 Å². The summed E-state index contributed by atoms with van der Waals surface area (Å²) in [4.78, 5) is 23.5. The van der Waals surface area contributed by atoms with Crippen molar-refractivity contribution in [3.8, 4) is 6.01 Å². The Hall–Kier alpha value is -2.12. The smallest absolute Gasteiger partial charge is 0.323 e. The van der Waals surface area contributed by atoms with Gasteiger partial charge in [-0.05, 0) is 13.8 Å². The largest absolute Gasteiger partial charge is 0.464 e. The number of aromatic nitrogens is 3. The minimum Gasteiger partial charge on any atom is -0.464 e. The molecule has 1 aromatic heterocycles. The number of anilines is 2. The summed E-state index contributed by atoms with van der Waals surface area (Å²) in [5, 5.41) is 8.21. The first-order valence-electron chi connectivity index (χ1n) is 5.65. The van der Waals surface area contributed by atoms with Gasteiger partial charge in [-0.3, -0.25) is 4.79 Å². The van der Waals surface area contributed by atoms with Crippen molar-refractivity contribution in [1.82, 2.24) is 20.3 Å². The van der Waals surface area contributed by atoms with E-state index in [9.17, 15) is 4.79 Å². The summed E-state index contributed by atoms with van der Waals surface area (Å²) in [6.07, 6.45) is 0. The second kappa shape index (κ2) is 6.58. The third-order valence-corrected chi connectivity index (χ3v) is 2.10. The van der Waals surface area contributed by atoms with Gasteiger partial charge in [-0.1, -0.05) is 0 Å². The molecule has 8 heteroatoms. The summed E-state index contributed by atoms with van der Waals surface area (Å²) in [5.41, 5.74) is 0. The van der Waals surface area contributed by atoms with Crippen LogP contribution in [0, 0.1) is 0 Å². The number of carbonyl (C=O) groups is 1. The molecule has 0 aliphatic carbocycles. The summed E-state index contributed by atoms with van der Waals surface area (Å²) < 4.78 is 5.21. The van der Waals surface area contributed by atoms with E-state index in [2.05, 4.69) is 30.9 Å². The summed E-state index contributed by atoms with van der Waals surface area (Å²) in [6, 6.07) is -0.236. The lowest BCUT2D eigenvalue weighted by atomic mass is 10.3. The molecule has 1 rings (SSSR count). The molecule has 0 fully saturated rings. The van der Waals surface area contributed by atoms with E-state index >= 15 is 0 Å². The van der Waals surface area contributed by atoms with Crippen LogP contribution < -0.4 is 20.7 Å². The van der Waals surface area contributed by atoms with Crippen LogP contribution in [0.1, 0.15) is 13.8 Å². The Morgan fingerprint density at radius 3 is 2.50 bits per heavy atom. The first-order chi connectivity index (χ1) is 8.60. The van der Waals surface area contributed by atoms with Crippen molar-refractivity contribution in [2.45, 2.75) is 19.9 Å². The number of likely N-dealkylation sites (N-methyl/N-ethyl adjacent to an activating group) is 1. The van der Waals surface area contributed by atoms with Gasteiger partial charge in [0.05, 0.1) is 6.61 Å². The first kappa shape index (κ1) is 13.9. The molecule has 1 aromatic rings. The van der Waals surface area contributed by atoms with Gasteiger partial charge in [-0.2, -0.15) is 15.0 Å². The van der Waals surface area contributed by atoms with Crippen LogP contribution in [-0.4, -0.2) is 47.6 Å². The molecule has 0 radical (unpaired) electrons. The van der Waals surface area contributed by atoms with Crippen molar-refractivity contribution in [3.05, 3.63) is 0 Å². The molecule has 1 heterocycles. The van der Waals surface area contributed by atoms with Crippen LogP contribution in [0.3, 0.4) is 0 Å². The first-order valence-corrected chi connectivity index (χ1v) is 5.65. The van der Waals surface area contributed by atoms with Gasteiger partial charge in [0.25, 0.3) is 0 Å². The maximum Gasteiger partial charge on any atom is 0.323 e. The Morgan fingerprint density at radius 1 is 1.28 bits per heavy atom. The highest BCUT2D eigenvalue weighted by Gasteiger charge is 2.13. The van der Waals surface area contributed by atoms with Crippen LogP contribution in [0.4, 0.5) is 11.9 Å². The predicted octanol–water partition coefficient (Wildman–Crippen LogP) is -0.142. The lowest BCUT2D eigenvalue weighted by molar-refractivity contribution is -0.121. The number of amides is 1. The van der Waals surface area contributed by atoms with Crippen LogP contribution in [0.25, 0.3) is 0 Å². The second-order valence-corrected chi connectivity index (χ2v) is 3.43. The normalized spacial score (nSPS) is 11.6. The molecule has 0 aliphatic heterocycles. The molecule has 0 spiro atoms. The van der Waals surface area contributed by atoms with E-state index in [-0.39, 0.29) is 17.9 Å². The van der Waals surface area contributed by atoms with Gasteiger partial charge < -0.3 is 20.7 Å². The van der Waals surface area contributed by atoms with Crippen LogP contribution in [0.5, 0.6) is 6.01 Å². The maximum absolute atomic E-state index is 11.4. The fourth-order valence-electron chi connectivity index (χ4n) is 1.20. The Kier molecular flexibility index (Phi) is 5.09. The molecular weight excluding hydrogens is 236 g/mol. The number of hydrogen-bond donors (Lipinski definition) is 3. The minimum absolute atomic E-state index is 0.153. The lowest BCUT2D eigenvalue weighted by Gasteiger charge is -2.13. The zero-order chi connectivity index (χ0) is 13.5. The van der Waals surface area contributed by atoms with Crippen LogP contribution >= 0.6 is 0 Å². The van der Waals surface area contributed by atoms with Gasteiger partial charge in [-0.25, -0.2) is 0 Å². The van der Waals surface area contributed by atoms with Crippen molar-refractivity contribution in [3.63, 3.8) is 0 Å². The van der Waals surface area contributed by atoms with E-state index in [4.69, 9.17) is 4.74 Å². The van der Waals surface area contributed by atoms with Crippen LogP contribution in [0.2, 0.25) is 0 Å². The van der Waals surface area contributed by atoms with Crippen molar-refractivity contribution in [1.29, 1.82) is 0 Å². The Balaban J connectivity index is 2.86. The number of hydrogen-bond acceptors (Lipinski definition) is 7. The van der Waals surface area contributed by atoms with Gasteiger partial charge in [0, 0.05) is 14.1 Å². The third kappa shape index (κ3) is 3.72. The molecule has 1 amide bonds. The molecule has 0 bridgehead atoms. The summed E-state index contributed by atoms with van der Waals surface area (Å²) in [6.45, 7) is 4.00. The van der Waals surface area contributed by atoms with Gasteiger partial charge in [0.1, 0.15) is 6.04 Å². The van der Waals surface area contributed by atoms with E-state index in [0.717, 1.165) is 0 Å². The quantitative estimate of drug-likeness (QED) is 0.649. The molecule has 3 N–H and O–H groups in total. The molecule has 100 valence electrons. The Bertz CT molecular complexity index is 411. The van der Waals surface area contributed by atoms with E-state index in [1.807, 2.05) is 6.92 Å². The van der Waals surface area contributed by atoms with Crippen molar-refractivity contribution in [2.75, 3.05) is 31.3 Å². The van der Waals surface area contributed by atoms with Crippen LogP contribution in [-0.2, 0) is 4.79 Å². The molecule has 1 atom stereocenters. The molecule has 0 saturated heterocycles. The number of rotatable bonds is 6. The molecule has 0 aromatic carbocycles. The van der Waals surface area contributed by atoms with Crippen molar-refractivity contribution in [2.24, 2.45) is 0 Å². The van der Waals surface area contributed by atoms with Crippen molar-refractivity contribution < 1.29 is 9.53 Å². The summed E-state index contributed by atoms with van der Waals surface area (Å²) in [7, 11) is 3.26. The zero-order valence-corrected chi connectivity index (χ0v) is 10.9. The lowest BCUT2D eigenvalue weighted by Crippen LogP contribution is -2.35. The summed E-state index contributed by atoms with van der Waals surface area (Å²) >= 11 is 0. The highest BCUT2D eigenvalue weighted by Crippen LogP contribution is 2.11. The van der Waals surface area contributed by atoms with Gasteiger partial charge in [0.2, 0.25) is 17.8 Å². The molecule has 8 nitrogen and oxygen atoms in total. The number of ether oxygens (including phenoxy) is 1. The van der Waals surface area contributed by atoms with E-state index in [1.54, 1.807) is 21.0 Å². The van der Waals surface area contributed by atoms with Gasteiger partial charge >= 0.3 is 6.01 Å². The summed E-state index contributed by atoms with van der Waals surface area (Å²) in [5.74, 6) is 0.508. The Labute approximate surface area is 106 Å². The monoisotopic (exact) mass is 254 g/mol. The number of nitrogens with zero attached hydrogens (tertiary/aromatic N) is 3. The number of carbonyl (C=O) groups excluding carboxylic acids is 1. The molecular formula is C10H18N6O2. The highest BCUT2D eigenvalue weighted by molar-refractivity contribution is 5.83. The Morgan fingerprint density at radius 2 is 1.94 bits per heavy atom. The average Bonchev–Trinajstić information content (AvgIpc) is 2.37. The molecule has 18 heavy (non-hydrogen) atoms. The number of nitrogens with one attached hydrogen (secondary N) is 3. The SMILES string of the molecule is CCOc1nc(NC)nc(NC(C)C(=O)NC)n1. The standard InChI is InChI=1S/C10H18N6O2/c1-5-18-10-15-8(12-4)14-9(16-10)13-6(2)7(17)11-3/h6H,5H2,1-4H3,(H,11,17)(H2,12,13,14,15,16). The fourth-order valence-corrected chi connectivity index (χ4v) is 1.20. The van der Waals surface area contributed by atoms with E-state index in [0.29, 0.717) is 12.6 Å². The highest BCUT2D eigenvalue weighted by atomic mass is 16.5. The third-order valence-electron chi connectivity index (χ3n) is 2.10.